The normalized spacial score (nSPS) is 16.1. The lowest BCUT2D eigenvalue weighted by atomic mass is 9.96. The summed E-state index contributed by atoms with van der Waals surface area (Å²) in [4.78, 5) is 14.0. The third kappa shape index (κ3) is 3.79. The molecule has 1 amide bonds. The smallest absolute Gasteiger partial charge is 0.253 e. The fourth-order valence-electron chi connectivity index (χ4n) is 2.51. The summed E-state index contributed by atoms with van der Waals surface area (Å²) in [5, 5.41) is 0. The van der Waals surface area contributed by atoms with Crippen LogP contribution in [-0.4, -0.2) is 37.6 Å². The second kappa shape index (κ2) is 6.84. The number of halogens is 1. The van der Waals surface area contributed by atoms with Crippen LogP contribution >= 0.6 is 0 Å². The summed E-state index contributed by atoms with van der Waals surface area (Å²) in [5.41, 5.74) is 1.06. The summed E-state index contributed by atoms with van der Waals surface area (Å²) in [5.74, 6) is 0.334. The fourth-order valence-corrected chi connectivity index (χ4v) is 2.51. The minimum absolute atomic E-state index is 0.0415. The molecular weight excluding hydrogens is 257 g/mol. The van der Waals surface area contributed by atoms with Gasteiger partial charge in [-0.25, -0.2) is 4.39 Å². The molecule has 0 aliphatic carbocycles. The molecule has 0 aromatic heterocycles. The Bertz CT molecular complexity index is 470. The van der Waals surface area contributed by atoms with Gasteiger partial charge in [0.25, 0.3) is 5.91 Å². The molecule has 1 aliphatic rings. The van der Waals surface area contributed by atoms with Gasteiger partial charge in [0.1, 0.15) is 5.82 Å². The van der Waals surface area contributed by atoms with Gasteiger partial charge in [-0.3, -0.25) is 4.79 Å². The Morgan fingerprint density at radius 3 is 2.75 bits per heavy atom. The Kier molecular flexibility index (Phi) is 5.12. The predicted octanol–water partition coefficient (Wildman–Crippen LogP) is 3.02. The van der Waals surface area contributed by atoms with Crippen molar-refractivity contribution in [2.75, 3.05) is 26.8 Å². The van der Waals surface area contributed by atoms with Crippen molar-refractivity contribution in [3.05, 3.63) is 35.1 Å². The van der Waals surface area contributed by atoms with E-state index in [4.69, 9.17) is 4.74 Å². The SMILES string of the molecule is Cc1cc(C(=O)N(C)CCC2CCOCC2)ccc1F. The lowest BCUT2D eigenvalue weighted by Gasteiger charge is -2.25. The van der Waals surface area contributed by atoms with Gasteiger partial charge in [0.15, 0.2) is 0 Å². The molecule has 2 rings (SSSR count). The molecule has 1 aromatic carbocycles. The summed E-state index contributed by atoms with van der Waals surface area (Å²) >= 11 is 0. The van der Waals surface area contributed by atoms with E-state index in [0.29, 0.717) is 17.0 Å². The highest BCUT2D eigenvalue weighted by Gasteiger charge is 2.17. The van der Waals surface area contributed by atoms with Crippen LogP contribution in [0.15, 0.2) is 18.2 Å². The number of benzene rings is 1. The standard InChI is InChI=1S/C16H22FNO2/c1-12-11-14(3-4-15(12)17)16(19)18(2)8-5-13-6-9-20-10-7-13/h3-4,11,13H,5-10H2,1-2H3. The molecule has 0 N–H and O–H groups in total. The van der Waals surface area contributed by atoms with Gasteiger partial charge in [-0.2, -0.15) is 0 Å². The molecule has 1 fully saturated rings. The van der Waals surface area contributed by atoms with E-state index in [-0.39, 0.29) is 11.7 Å². The minimum atomic E-state index is -0.272. The molecule has 0 spiro atoms. The van der Waals surface area contributed by atoms with Crippen molar-refractivity contribution in [2.45, 2.75) is 26.2 Å². The zero-order chi connectivity index (χ0) is 14.5. The van der Waals surface area contributed by atoms with Gasteiger partial charge >= 0.3 is 0 Å². The topological polar surface area (TPSA) is 29.5 Å². The van der Waals surface area contributed by atoms with E-state index in [1.165, 1.54) is 6.07 Å². The van der Waals surface area contributed by atoms with Crippen LogP contribution in [0.4, 0.5) is 4.39 Å². The lowest BCUT2D eigenvalue weighted by Crippen LogP contribution is -2.30. The number of aryl methyl sites for hydroxylation is 1. The Morgan fingerprint density at radius 1 is 1.40 bits per heavy atom. The summed E-state index contributed by atoms with van der Waals surface area (Å²) in [6.07, 6.45) is 3.17. The zero-order valence-corrected chi connectivity index (χ0v) is 12.2. The third-order valence-corrected chi connectivity index (χ3v) is 3.97. The quantitative estimate of drug-likeness (QED) is 0.848. The van der Waals surface area contributed by atoms with Gasteiger partial charge < -0.3 is 9.64 Å². The van der Waals surface area contributed by atoms with Gasteiger partial charge in [0, 0.05) is 32.4 Å². The maximum atomic E-state index is 13.2. The third-order valence-electron chi connectivity index (χ3n) is 3.97. The van der Waals surface area contributed by atoms with Gasteiger partial charge in [-0.15, -0.1) is 0 Å². The lowest BCUT2D eigenvalue weighted by molar-refractivity contribution is 0.0583. The van der Waals surface area contributed by atoms with E-state index in [1.54, 1.807) is 31.0 Å². The number of amides is 1. The van der Waals surface area contributed by atoms with Crippen molar-refractivity contribution in [3.8, 4) is 0 Å². The molecule has 20 heavy (non-hydrogen) atoms. The van der Waals surface area contributed by atoms with Gasteiger partial charge in [0.2, 0.25) is 0 Å². The predicted molar refractivity (Wildman–Crippen MR) is 76.3 cm³/mol. The molecule has 3 nitrogen and oxygen atoms in total. The van der Waals surface area contributed by atoms with Gasteiger partial charge in [0.05, 0.1) is 0 Å². The average molecular weight is 279 g/mol. The first-order valence-corrected chi connectivity index (χ1v) is 7.17. The van der Waals surface area contributed by atoms with Gasteiger partial charge in [-0.05, 0) is 55.9 Å². The highest BCUT2D eigenvalue weighted by atomic mass is 19.1. The van der Waals surface area contributed by atoms with Crippen molar-refractivity contribution < 1.29 is 13.9 Å². The van der Waals surface area contributed by atoms with E-state index < -0.39 is 0 Å². The Hall–Kier alpha value is -1.42. The zero-order valence-electron chi connectivity index (χ0n) is 12.2. The van der Waals surface area contributed by atoms with Crippen molar-refractivity contribution in [1.82, 2.24) is 4.90 Å². The highest BCUT2D eigenvalue weighted by Crippen LogP contribution is 2.19. The van der Waals surface area contributed by atoms with E-state index in [9.17, 15) is 9.18 Å². The summed E-state index contributed by atoms with van der Waals surface area (Å²) in [6, 6.07) is 4.52. The molecule has 0 atom stereocenters. The first-order chi connectivity index (χ1) is 9.58. The van der Waals surface area contributed by atoms with Crippen LogP contribution < -0.4 is 0 Å². The monoisotopic (exact) mass is 279 g/mol. The Morgan fingerprint density at radius 2 is 2.10 bits per heavy atom. The number of hydrogen-bond donors (Lipinski definition) is 0. The van der Waals surface area contributed by atoms with Crippen LogP contribution in [0.2, 0.25) is 0 Å². The second-order valence-corrected chi connectivity index (χ2v) is 5.54. The van der Waals surface area contributed by atoms with Crippen molar-refractivity contribution in [1.29, 1.82) is 0 Å². The van der Waals surface area contributed by atoms with Gasteiger partial charge in [-0.1, -0.05) is 0 Å². The Labute approximate surface area is 119 Å². The highest BCUT2D eigenvalue weighted by molar-refractivity contribution is 5.94. The molecular formula is C16H22FNO2. The molecule has 4 heteroatoms. The van der Waals surface area contributed by atoms with Crippen molar-refractivity contribution >= 4 is 5.91 Å². The van der Waals surface area contributed by atoms with Crippen LogP contribution in [0.25, 0.3) is 0 Å². The van der Waals surface area contributed by atoms with Crippen LogP contribution in [0.3, 0.4) is 0 Å². The first kappa shape index (κ1) is 15.0. The summed E-state index contributed by atoms with van der Waals surface area (Å²) in [6.45, 7) is 4.08. The Balaban J connectivity index is 1.89. The molecule has 1 aliphatic heterocycles. The fraction of sp³-hybridized carbons (Fsp3) is 0.562. The van der Waals surface area contributed by atoms with E-state index >= 15 is 0 Å². The molecule has 110 valence electrons. The number of carbonyl (C=O) groups is 1. The van der Waals surface area contributed by atoms with Crippen LogP contribution in [0.5, 0.6) is 0 Å². The molecule has 1 aromatic rings. The summed E-state index contributed by atoms with van der Waals surface area (Å²) < 4.78 is 18.5. The molecule has 0 saturated carbocycles. The molecule has 0 unspecified atom stereocenters. The van der Waals surface area contributed by atoms with Crippen LogP contribution in [-0.2, 0) is 4.74 Å². The molecule has 0 radical (unpaired) electrons. The van der Waals surface area contributed by atoms with Crippen molar-refractivity contribution in [2.24, 2.45) is 5.92 Å². The van der Waals surface area contributed by atoms with Crippen LogP contribution in [0, 0.1) is 18.7 Å². The van der Waals surface area contributed by atoms with E-state index in [0.717, 1.165) is 39.0 Å². The van der Waals surface area contributed by atoms with Crippen molar-refractivity contribution in [3.63, 3.8) is 0 Å². The summed E-state index contributed by atoms with van der Waals surface area (Å²) in [7, 11) is 1.81. The number of nitrogens with zero attached hydrogens (tertiary/aromatic N) is 1. The van der Waals surface area contributed by atoms with E-state index in [1.807, 2.05) is 0 Å². The number of hydrogen-bond acceptors (Lipinski definition) is 2. The molecule has 0 bridgehead atoms. The maximum absolute atomic E-state index is 13.2. The first-order valence-electron chi connectivity index (χ1n) is 7.17. The maximum Gasteiger partial charge on any atom is 0.253 e. The minimum Gasteiger partial charge on any atom is -0.381 e. The number of rotatable bonds is 4. The van der Waals surface area contributed by atoms with Crippen LogP contribution in [0.1, 0.15) is 35.2 Å². The molecule has 1 heterocycles. The largest absolute Gasteiger partial charge is 0.381 e. The second-order valence-electron chi connectivity index (χ2n) is 5.54. The number of carbonyl (C=O) groups excluding carboxylic acids is 1. The molecule has 1 saturated heterocycles. The van der Waals surface area contributed by atoms with E-state index in [2.05, 4.69) is 0 Å². The number of ether oxygens (including phenoxy) is 1. The average Bonchev–Trinajstić information content (AvgIpc) is 2.48.